The molecular formula is C12H14F2N2. The fourth-order valence-electron chi connectivity index (χ4n) is 1.63. The van der Waals surface area contributed by atoms with Crippen LogP contribution >= 0.6 is 0 Å². The first-order valence-corrected chi connectivity index (χ1v) is 5.38. The molecule has 0 bridgehead atoms. The Hall–Kier alpha value is -1.45. The minimum absolute atomic E-state index is 0.502. The van der Waals surface area contributed by atoms with Gasteiger partial charge < -0.3 is 4.57 Å². The van der Waals surface area contributed by atoms with E-state index in [1.807, 2.05) is 4.57 Å². The molecule has 1 aromatic carbocycles. The first-order valence-electron chi connectivity index (χ1n) is 5.38. The molecule has 2 rings (SSSR count). The number of rotatable bonds is 3. The molecule has 86 valence electrons. The largest absolute Gasteiger partial charge is 0.330 e. The van der Waals surface area contributed by atoms with Gasteiger partial charge in [0.15, 0.2) is 11.6 Å². The van der Waals surface area contributed by atoms with Crippen molar-refractivity contribution in [2.45, 2.75) is 26.8 Å². The highest BCUT2D eigenvalue weighted by atomic mass is 19.2. The summed E-state index contributed by atoms with van der Waals surface area (Å²) in [4.78, 5) is 4.05. The second-order valence-electron chi connectivity index (χ2n) is 4.38. The second-order valence-corrected chi connectivity index (χ2v) is 4.38. The quantitative estimate of drug-likeness (QED) is 0.781. The van der Waals surface area contributed by atoms with Crippen molar-refractivity contribution in [3.8, 4) is 0 Å². The van der Waals surface area contributed by atoms with E-state index >= 15 is 0 Å². The Labute approximate surface area is 92.9 Å². The predicted molar refractivity (Wildman–Crippen MR) is 59.1 cm³/mol. The normalized spacial score (nSPS) is 11.6. The van der Waals surface area contributed by atoms with Gasteiger partial charge in [-0.1, -0.05) is 13.8 Å². The molecule has 0 aliphatic carbocycles. The Bertz CT molecular complexity index is 503. The summed E-state index contributed by atoms with van der Waals surface area (Å²) in [5.74, 6) is -1.09. The first-order chi connectivity index (χ1) is 7.58. The minimum atomic E-state index is -0.846. The highest BCUT2D eigenvalue weighted by Crippen LogP contribution is 2.18. The first kappa shape index (κ1) is 11.0. The lowest BCUT2D eigenvalue weighted by Crippen LogP contribution is -2.00. The van der Waals surface area contributed by atoms with Crippen LogP contribution in [0.5, 0.6) is 0 Å². The Kier molecular flexibility index (Phi) is 2.90. The Balaban J connectivity index is 2.36. The summed E-state index contributed by atoms with van der Waals surface area (Å²) < 4.78 is 27.9. The van der Waals surface area contributed by atoms with Crippen LogP contribution in [0.15, 0.2) is 18.5 Å². The molecule has 4 heteroatoms. The van der Waals surface area contributed by atoms with Crippen molar-refractivity contribution in [1.29, 1.82) is 0 Å². The van der Waals surface area contributed by atoms with E-state index in [1.54, 1.807) is 6.33 Å². The molecule has 1 heterocycles. The molecule has 2 nitrogen and oxygen atoms in total. The summed E-state index contributed by atoms with van der Waals surface area (Å²) in [7, 11) is 0. The fraction of sp³-hybridized carbons (Fsp3) is 0.417. The SMILES string of the molecule is CC(C)CCn1cnc2cc(F)c(F)cc21. The molecule has 0 aliphatic rings. The van der Waals surface area contributed by atoms with Gasteiger partial charge in [-0.25, -0.2) is 13.8 Å². The second kappa shape index (κ2) is 4.20. The highest BCUT2D eigenvalue weighted by Gasteiger charge is 2.09. The predicted octanol–water partition coefficient (Wildman–Crippen LogP) is 3.36. The maximum absolute atomic E-state index is 13.1. The average Bonchev–Trinajstić information content (AvgIpc) is 2.58. The van der Waals surface area contributed by atoms with Gasteiger partial charge in [-0.2, -0.15) is 0 Å². The van der Waals surface area contributed by atoms with Crippen molar-refractivity contribution in [2.75, 3.05) is 0 Å². The standard InChI is InChI=1S/C12H14F2N2/c1-8(2)3-4-16-7-15-11-5-9(13)10(14)6-12(11)16/h5-8H,3-4H2,1-2H3. The molecule has 16 heavy (non-hydrogen) atoms. The van der Waals surface area contributed by atoms with Gasteiger partial charge in [0, 0.05) is 18.7 Å². The Morgan fingerprint density at radius 1 is 1.25 bits per heavy atom. The maximum Gasteiger partial charge on any atom is 0.161 e. The van der Waals surface area contributed by atoms with E-state index in [-0.39, 0.29) is 0 Å². The summed E-state index contributed by atoms with van der Waals surface area (Å²) in [5.41, 5.74) is 1.15. The van der Waals surface area contributed by atoms with Crippen molar-refractivity contribution in [3.63, 3.8) is 0 Å². The lowest BCUT2D eigenvalue weighted by Gasteiger charge is -2.06. The molecule has 0 N–H and O–H groups in total. The van der Waals surface area contributed by atoms with Crippen LogP contribution in [0.2, 0.25) is 0 Å². The zero-order chi connectivity index (χ0) is 11.7. The van der Waals surface area contributed by atoms with E-state index in [2.05, 4.69) is 18.8 Å². The Morgan fingerprint density at radius 2 is 1.94 bits per heavy atom. The number of hydrogen-bond acceptors (Lipinski definition) is 1. The van der Waals surface area contributed by atoms with Crippen LogP contribution in [0.3, 0.4) is 0 Å². The number of hydrogen-bond donors (Lipinski definition) is 0. The molecule has 0 unspecified atom stereocenters. The van der Waals surface area contributed by atoms with Crippen LogP contribution in [-0.2, 0) is 6.54 Å². The molecule has 0 amide bonds. The molecule has 1 aromatic heterocycles. The number of fused-ring (bicyclic) bond motifs is 1. The summed E-state index contributed by atoms with van der Waals surface area (Å²) in [6.07, 6.45) is 2.62. The van der Waals surface area contributed by atoms with Crippen LogP contribution in [0.25, 0.3) is 11.0 Å². The number of imidazole rings is 1. The molecule has 0 aliphatic heterocycles. The van der Waals surface area contributed by atoms with Crippen molar-refractivity contribution in [2.24, 2.45) is 5.92 Å². The lowest BCUT2D eigenvalue weighted by molar-refractivity contribution is 0.507. The van der Waals surface area contributed by atoms with E-state index in [0.29, 0.717) is 17.0 Å². The average molecular weight is 224 g/mol. The van der Waals surface area contributed by atoms with Gasteiger partial charge in [0.25, 0.3) is 0 Å². The van der Waals surface area contributed by atoms with Crippen LogP contribution in [0.4, 0.5) is 8.78 Å². The smallest absolute Gasteiger partial charge is 0.161 e. The molecule has 2 aromatic rings. The van der Waals surface area contributed by atoms with Crippen LogP contribution < -0.4 is 0 Å². The third kappa shape index (κ3) is 2.05. The fourth-order valence-corrected chi connectivity index (χ4v) is 1.63. The van der Waals surface area contributed by atoms with Gasteiger partial charge in [-0.15, -0.1) is 0 Å². The third-order valence-electron chi connectivity index (χ3n) is 2.61. The molecular weight excluding hydrogens is 210 g/mol. The van der Waals surface area contributed by atoms with Crippen molar-refractivity contribution < 1.29 is 8.78 Å². The number of halogens is 2. The lowest BCUT2D eigenvalue weighted by atomic mass is 10.1. The molecule has 0 saturated carbocycles. The van der Waals surface area contributed by atoms with Crippen molar-refractivity contribution >= 4 is 11.0 Å². The van der Waals surface area contributed by atoms with Gasteiger partial charge in [0.05, 0.1) is 17.4 Å². The van der Waals surface area contributed by atoms with Crippen LogP contribution in [0, 0.1) is 17.6 Å². The van der Waals surface area contributed by atoms with Crippen molar-refractivity contribution in [1.82, 2.24) is 9.55 Å². The summed E-state index contributed by atoms with van der Waals surface area (Å²) in [6, 6.07) is 2.34. The molecule has 0 atom stereocenters. The molecule has 0 spiro atoms. The topological polar surface area (TPSA) is 17.8 Å². The van der Waals surface area contributed by atoms with E-state index in [9.17, 15) is 8.78 Å². The van der Waals surface area contributed by atoms with Gasteiger partial charge >= 0.3 is 0 Å². The minimum Gasteiger partial charge on any atom is -0.330 e. The molecule has 0 fully saturated rings. The number of nitrogens with zero attached hydrogens (tertiary/aromatic N) is 2. The third-order valence-corrected chi connectivity index (χ3v) is 2.61. The summed E-state index contributed by atoms with van der Waals surface area (Å²) >= 11 is 0. The number of benzene rings is 1. The van der Waals surface area contributed by atoms with Gasteiger partial charge in [0.2, 0.25) is 0 Å². The van der Waals surface area contributed by atoms with E-state index in [4.69, 9.17) is 0 Å². The Morgan fingerprint density at radius 3 is 2.62 bits per heavy atom. The number of aromatic nitrogens is 2. The summed E-state index contributed by atoms with van der Waals surface area (Å²) in [6.45, 7) is 5.03. The maximum atomic E-state index is 13.1. The van der Waals surface area contributed by atoms with E-state index < -0.39 is 11.6 Å². The van der Waals surface area contributed by atoms with Crippen molar-refractivity contribution in [3.05, 3.63) is 30.1 Å². The zero-order valence-electron chi connectivity index (χ0n) is 9.37. The zero-order valence-corrected chi connectivity index (χ0v) is 9.37. The molecule has 0 saturated heterocycles. The monoisotopic (exact) mass is 224 g/mol. The van der Waals surface area contributed by atoms with Gasteiger partial charge in [-0.3, -0.25) is 0 Å². The van der Waals surface area contributed by atoms with Gasteiger partial charge in [-0.05, 0) is 12.3 Å². The van der Waals surface area contributed by atoms with Gasteiger partial charge in [0.1, 0.15) is 0 Å². The van der Waals surface area contributed by atoms with Crippen LogP contribution in [0.1, 0.15) is 20.3 Å². The van der Waals surface area contributed by atoms with E-state index in [0.717, 1.165) is 19.0 Å². The highest BCUT2D eigenvalue weighted by molar-refractivity contribution is 5.75. The van der Waals surface area contributed by atoms with E-state index in [1.165, 1.54) is 6.07 Å². The number of aryl methyl sites for hydroxylation is 1. The summed E-state index contributed by atoms with van der Waals surface area (Å²) in [5, 5.41) is 0. The van der Waals surface area contributed by atoms with Crippen LogP contribution in [-0.4, -0.2) is 9.55 Å². The molecule has 0 radical (unpaired) electrons.